The molecule has 0 aliphatic heterocycles. The summed E-state index contributed by atoms with van der Waals surface area (Å²) in [4.78, 5) is 20.1. The second-order valence-corrected chi connectivity index (χ2v) is 2.82. The lowest BCUT2D eigenvalue weighted by atomic mass is 10.1. The fraction of sp³-hybridized carbons (Fsp3) is 0.125. The predicted octanol–water partition coefficient (Wildman–Crippen LogP) is 0.883. The number of carbonyl (C=O) groups is 1. The summed E-state index contributed by atoms with van der Waals surface area (Å²) in [6.45, 7) is -0.704. The fourth-order valence-corrected chi connectivity index (χ4v) is 1.12. The van der Waals surface area contributed by atoms with E-state index in [1.54, 1.807) is 0 Å². The number of nitrogens with two attached hydrogens (primary N) is 1. The summed E-state index contributed by atoms with van der Waals surface area (Å²) in [5.74, 6) is -2.28. The molecule has 0 spiro atoms. The molecule has 0 aliphatic rings. The van der Waals surface area contributed by atoms with E-state index in [4.69, 9.17) is 10.8 Å². The Hall–Kier alpha value is -2.18. The van der Waals surface area contributed by atoms with Crippen molar-refractivity contribution in [2.75, 3.05) is 5.73 Å². The van der Waals surface area contributed by atoms with Crippen LogP contribution in [0.4, 0.5) is 10.1 Å². The zero-order valence-corrected chi connectivity index (χ0v) is 7.44. The van der Waals surface area contributed by atoms with Gasteiger partial charge in [-0.25, -0.2) is 9.18 Å². The van der Waals surface area contributed by atoms with Gasteiger partial charge in [0, 0.05) is 10.5 Å². The summed E-state index contributed by atoms with van der Waals surface area (Å²) in [5.41, 5.74) is 4.47. The lowest BCUT2D eigenvalue weighted by Gasteiger charge is -2.05. The highest BCUT2D eigenvalue weighted by Crippen LogP contribution is 2.20. The van der Waals surface area contributed by atoms with E-state index in [0.717, 1.165) is 12.1 Å². The molecular formula is C8H7FN2O4. The third-order valence-corrected chi connectivity index (χ3v) is 1.76. The number of carboxylic acids is 1. The van der Waals surface area contributed by atoms with Gasteiger partial charge in [-0.05, 0) is 12.1 Å². The van der Waals surface area contributed by atoms with Gasteiger partial charge >= 0.3 is 5.97 Å². The maximum Gasteiger partial charge on any atom is 0.337 e. The molecule has 0 unspecified atom stereocenters. The molecule has 80 valence electrons. The van der Waals surface area contributed by atoms with Crippen molar-refractivity contribution in [1.82, 2.24) is 0 Å². The van der Waals surface area contributed by atoms with Gasteiger partial charge in [0.1, 0.15) is 5.82 Å². The van der Waals surface area contributed by atoms with Crippen LogP contribution in [0.3, 0.4) is 0 Å². The monoisotopic (exact) mass is 214 g/mol. The van der Waals surface area contributed by atoms with E-state index in [1.165, 1.54) is 0 Å². The van der Waals surface area contributed by atoms with Crippen LogP contribution in [-0.2, 0) is 6.54 Å². The van der Waals surface area contributed by atoms with Crippen LogP contribution in [-0.4, -0.2) is 16.0 Å². The number of benzene rings is 1. The van der Waals surface area contributed by atoms with E-state index < -0.39 is 28.8 Å². The summed E-state index contributed by atoms with van der Waals surface area (Å²) in [7, 11) is 0. The lowest BCUT2D eigenvalue weighted by molar-refractivity contribution is -0.496. The first-order valence-corrected chi connectivity index (χ1v) is 3.85. The highest BCUT2D eigenvalue weighted by molar-refractivity contribution is 5.94. The SMILES string of the molecule is Nc1c(C[N+](=O)[O-])cc(F)cc1C(=O)O. The highest BCUT2D eigenvalue weighted by atomic mass is 19.1. The number of hydrogen-bond acceptors (Lipinski definition) is 4. The van der Waals surface area contributed by atoms with E-state index in [0.29, 0.717) is 0 Å². The van der Waals surface area contributed by atoms with Crippen molar-refractivity contribution in [3.8, 4) is 0 Å². The number of carboxylic acid groups (broad SMARTS) is 1. The van der Waals surface area contributed by atoms with Gasteiger partial charge < -0.3 is 10.8 Å². The van der Waals surface area contributed by atoms with Crippen LogP contribution in [0.1, 0.15) is 15.9 Å². The third kappa shape index (κ3) is 2.39. The molecule has 0 bridgehead atoms. The molecule has 6 nitrogen and oxygen atoms in total. The summed E-state index contributed by atoms with van der Waals surface area (Å²) >= 11 is 0. The number of hydrogen-bond donors (Lipinski definition) is 2. The Morgan fingerprint density at radius 2 is 2.20 bits per heavy atom. The van der Waals surface area contributed by atoms with Crippen LogP contribution in [0.2, 0.25) is 0 Å². The van der Waals surface area contributed by atoms with Gasteiger partial charge in [0.25, 0.3) is 0 Å². The van der Waals surface area contributed by atoms with Gasteiger partial charge in [-0.1, -0.05) is 0 Å². The van der Waals surface area contributed by atoms with Crippen LogP contribution in [0.25, 0.3) is 0 Å². The van der Waals surface area contributed by atoms with E-state index in [-0.39, 0.29) is 11.3 Å². The Morgan fingerprint density at radius 3 is 2.67 bits per heavy atom. The maximum atomic E-state index is 12.9. The van der Waals surface area contributed by atoms with E-state index in [2.05, 4.69) is 0 Å². The minimum Gasteiger partial charge on any atom is -0.478 e. The topological polar surface area (TPSA) is 106 Å². The zero-order valence-electron chi connectivity index (χ0n) is 7.44. The van der Waals surface area contributed by atoms with Gasteiger partial charge in [0.15, 0.2) is 0 Å². The van der Waals surface area contributed by atoms with Gasteiger partial charge in [0.2, 0.25) is 6.54 Å². The molecule has 3 N–H and O–H groups in total. The molecule has 0 aromatic heterocycles. The number of nitrogens with zero attached hydrogens (tertiary/aromatic N) is 1. The molecule has 0 saturated carbocycles. The molecule has 0 atom stereocenters. The molecule has 0 aliphatic carbocycles. The van der Waals surface area contributed by atoms with Crippen LogP contribution < -0.4 is 5.73 Å². The minimum atomic E-state index is -1.42. The van der Waals surface area contributed by atoms with Crippen molar-refractivity contribution < 1.29 is 19.2 Å². The van der Waals surface area contributed by atoms with Crippen molar-refractivity contribution >= 4 is 11.7 Å². The Bertz CT molecular complexity index is 433. The molecule has 7 heteroatoms. The van der Waals surface area contributed by atoms with Crippen molar-refractivity contribution in [3.05, 3.63) is 39.2 Å². The predicted molar refractivity (Wildman–Crippen MR) is 48.5 cm³/mol. The molecule has 0 amide bonds. The van der Waals surface area contributed by atoms with E-state index in [9.17, 15) is 19.3 Å². The smallest absolute Gasteiger partial charge is 0.337 e. The Kier molecular flexibility index (Phi) is 2.84. The second kappa shape index (κ2) is 3.91. The standard InChI is InChI=1S/C8H7FN2O4/c9-5-1-4(3-11(14)15)7(10)6(2-5)8(12)13/h1-2H,3,10H2,(H,12,13). The normalized spacial score (nSPS) is 9.93. The van der Waals surface area contributed by atoms with Crippen LogP contribution >= 0.6 is 0 Å². The molecule has 15 heavy (non-hydrogen) atoms. The Labute approximate surface area is 83.3 Å². The zero-order chi connectivity index (χ0) is 11.6. The molecule has 0 radical (unpaired) electrons. The Balaban J connectivity index is 3.28. The van der Waals surface area contributed by atoms with Crippen LogP contribution in [0.5, 0.6) is 0 Å². The fourth-order valence-electron chi connectivity index (χ4n) is 1.12. The molecule has 0 saturated heterocycles. The molecule has 1 rings (SSSR count). The van der Waals surface area contributed by atoms with Gasteiger partial charge in [-0.15, -0.1) is 0 Å². The van der Waals surface area contributed by atoms with E-state index >= 15 is 0 Å². The second-order valence-electron chi connectivity index (χ2n) is 2.82. The number of rotatable bonds is 3. The first-order valence-electron chi connectivity index (χ1n) is 3.85. The summed E-state index contributed by atoms with van der Waals surface area (Å²) in [6, 6.07) is 1.58. The minimum absolute atomic E-state index is 0.141. The third-order valence-electron chi connectivity index (χ3n) is 1.76. The molecule has 1 aromatic carbocycles. The number of anilines is 1. The summed E-state index contributed by atoms with van der Waals surface area (Å²) in [5, 5.41) is 18.8. The first kappa shape index (κ1) is 10.9. The Morgan fingerprint density at radius 1 is 1.60 bits per heavy atom. The van der Waals surface area contributed by atoms with Crippen LogP contribution in [0.15, 0.2) is 12.1 Å². The molecular weight excluding hydrogens is 207 g/mol. The average molecular weight is 214 g/mol. The average Bonchev–Trinajstić information content (AvgIpc) is 2.09. The quantitative estimate of drug-likeness (QED) is 0.441. The largest absolute Gasteiger partial charge is 0.478 e. The summed E-state index contributed by atoms with van der Waals surface area (Å²) in [6.07, 6.45) is 0. The van der Waals surface area contributed by atoms with Gasteiger partial charge in [-0.2, -0.15) is 0 Å². The number of halogens is 1. The number of aromatic carboxylic acids is 1. The summed E-state index contributed by atoms with van der Waals surface area (Å²) < 4.78 is 12.9. The number of nitro groups is 1. The van der Waals surface area contributed by atoms with Crippen molar-refractivity contribution in [2.45, 2.75) is 6.54 Å². The van der Waals surface area contributed by atoms with Crippen molar-refractivity contribution in [3.63, 3.8) is 0 Å². The maximum absolute atomic E-state index is 12.9. The first-order chi connectivity index (χ1) is 6.91. The molecule has 0 fully saturated rings. The number of nitrogen functional groups attached to an aromatic ring is 1. The van der Waals surface area contributed by atoms with E-state index in [1.807, 2.05) is 0 Å². The van der Waals surface area contributed by atoms with Gasteiger partial charge in [0.05, 0.1) is 11.3 Å². The van der Waals surface area contributed by atoms with Gasteiger partial charge in [-0.3, -0.25) is 10.1 Å². The van der Waals surface area contributed by atoms with Crippen LogP contribution in [0, 0.1) is 15.9 Å². The highest BCUT2D eigenvalue weighted by Gasteiger charge is 2.16. The molecule has 0 heterocycles. The van der Waals surface area contributed by atoms with Crippen molar-refractivity contribution in [2.24, 2.45) is 0 Å². The lowest BCUT2D eigenvalue weighted by Crippen LogP contribution is -2.09. The molecule has 1 aromatic rings. The van der Waals surface area contributed by atoms with Crippen molar-refractivity contribution in [1.29, 1.82) is 0 Å².